The molecule has 0 fully saturated rings. The highest BCUT2D eigenvalue weighted by atomic mass is 79.9. The lowest BCUT2D eigenvalue weighted by Gasteiger charge is -2.06. The molecule has 4 aromatic rings. The van der Waals surface area contributed by atoms with Crippen LogP contribution in [0.1, 0.15) is 16.1 Å². The Balaban J connectivity index is 1.47. The number of halogens is 1. The number of ether oxygens (including phenoxy) is 1. The molecule has 30 heavy (non-hydrogen) atoms. The van der Waals surface area contributed by atoms with Crippen molar-refractivity contribution in [2.75, 3.05) is 0 Å². The molecule has 5 heteroatoms. The molecule has 0 atom stereocenters. The van der Waals surface area contributed by atoms with Crippen molar-refractivity contribution in [2.45, 2.75) is 6.61 Å². The Labute approximate surface area is 188 Å². The van der Waals surface area contributed by atoms with Crippen LogP contribution in [0, 0.1) is 11.3 Å². The maximum Gasteiger partial charge on any atom is 0.134 e. The largest absolute Gasteiger partial charge is 0.489 e. The molecule has 3 nitrogen and oxygen atoms in total. The van der Waals surface area contributed by atoms with Crippen LogP contribution in [0.4, 0.5) is 0 Å². The second-order valence-corrected chi connectivity index (χ2v) is 8.33. The van der Waals surface area contributed by atoms with Crippen LogP contribution >= 0.6 is 27.3 Å². The lowest BCUT2D eigenvalue weighted by Crippen LogP contribution is -1.94. The van der Waals surface area contributed by atoms with E-state index in [2.05, 4.69) is 27.0 Å². The summed E-state index contributed by atoms with van der Waals surface area (Å²) < 4.78 is 6.85. The Morgan fingerprint density at radius 1 is 1.00 bits per heavy atom. The van der Waals surface area contributed by atoms with Gasteiger partial charge in [-0.3, -0.25) is 0 Å². The van der Waals surface area contributed by atoms with E-state index in [1.54, 1.807) is 0 Å². The summed E-state index contributed by atoms with van der Waals surface area (Å²) in [5.74, 6) is 0.793. The first-order valence-corrected chi connectivity index (χ1v) is 11.0. The maximum atomic E-state index is 9.64. The molecule has 0 aliphatic rings. The molecule has 4 rings (SSSR count). The van der Waals surface area contributed by atoms with E-state index >= 15 is 0 Å². The molecule has 0 aliphatic carbocycles. The molecular weight excluding hydrogens is 456 g/mol. The summed E-state index contributed by atoms with van der Waals surface area (Å²) in [6.45, 7) is 0.525. The Bertz CT molecular complexity index is 1190. The average molecular weight is 473 g/mol. The van der Waals surface area contributed by atoms with Crippen LogP contribution in [-0.4, -0.2) is 4.98 Å². The predicted molar refractivity (Wildman–Crippen MR) is 126 cm³/mol. The lowest BCUT2D eigenvalue weighted by molar-refractivity contribution is 0.306. The quantitative estimate of drug-likeness (QED) is 0.278. The molecular formula is C25H17BrN2OS. The first-order valence-electron chi connectivity index (χ1n) is 9.32. The fraction of sp³-hybridized carbons (Fsp3) is 0.0400. The van der Waals surface area contributed by atoms with Gasteiger partial charge >= 0.3 is 0 Å². The number of hydrogen-bond donors (Lipinski definition) is 0. The molecule has 0 unspecified atom stereocenters. The van der Waals surface area contributed by atoms with Crippen LogP contribution < -0.4 is 4.74 Å². The van der Waals surface area contributed by atoms with E-state index in [1.165, 1.54) is 11.3 Å². The molecule has 0 bridgehead atoms. The highest BCUT2D eigenvalue weighted by Gasteiger charge is 2.09. The summed E-state index contributed by atoms with van der Waals surface area (Å²) in [5.41, 5.74) is 4.49. The molecule has 0 amide bonds. The van der Waals surface area contributed by atoms with Gasteiger partial charge in [0, 0.05) is 15.4 Å². The van der Waals surface area contributed by atoms with Crippen LogP contribution in [0.5, 0.6) is 5.75 Å². The summed E-state index contributed by atoms with van der Waals surface area (Å²) in [6, 6.07) is 28.0. The van der Waals surface area contributed by atoms with Crippen LogP contribution in [0.15, 0.2) is 88.7 Å². The van der Waals surface area contributed by atoms with Gasteiger partial charge in [-0.05, 0) is 41.5 Å². The SMILES string of the molecule is N#C/C(=C\c1ccc(OCc2ccccc2)cc1)c1nc(-c2ccc(Br)cc2)cs1. The Kier molecular flexibility index (Phi) is 6.38. The third-order valence-electron chi connectivity index (χ3n) is 4.43. The summed E-state index contributed by atoms with van der Waals surface area (Å²) in [6.07, 6.45) is 1.85. The second kappa shape index (κ2) is 9.53. The van der Waals surface area contributed by atoms with E-state index < -0.39 is 0 Å². The molecule has 0 saturated carbocycles. The number of allylic oxidation sites excluding steroid dienone is 1. The standard InChI is InChI=1S/C25H17BrN2OS/c26-22-10-8-20(9-11-22)24-17-30-25(28-24)21(15-27)14-18-6-12-23(13-7-18)29-16-19-4-2-1-3-5-19/h1-14,17H,16H2/b21-14+. The highest BCUT2D eigenvalue weighted by molar-refractivity contribution is 9.10. The molecule has 0 saturated heterocycles. The van der Waals surface area contributed by atoms with Crippen LogP contribution in [0.2, 0.25) is 0 Å². The van der Waals surface area contributed by atoms with Crippen molar-refractivity contribution in [3.05, 3.63) is 105 Å². The number of nitriles is 1. The van der Waals surface area contributed by atoms with E-state index in [-0.39, 0.29) is 0 Å². The molecule has 1 aromatic heterocycles. The number of rotatable bonds is 6. The van der Waals surface area contributed by atoms with Crippen molar-refractivity contribution in [1.82, 2.24) is 4.98 Å². The molecule has 3 aromatic carbocycles. The van der Waals surface area contributed by atoms with Crippen molar-refractivity contribution in [2.24, 2.45) is 0 Å². The van der Waals surface area contributed by atoms with Gasteiger partial charge < -0.3 is 4.74 Å². The zero-order valence-electron chi connectivity index (χ0n) is 16.0. The second-order valence-electron chi connectivity index (χ2n) is 6.56. The molecule has 146 valence electrons. The van der Waals surface area contributed by atoms with Gasteiger partial charge in [0.1, 0.15) is 23.4 Å². The van der Waals surface area contributed by atoms with Gasteiger partial charge in [-0.25, -0.2) is 4.98 Å². The van der Waals surface area contributed by atoms with Crippen molar-refractivity contribution in [3.8, 4) is 23.1 Å². The molecule has 0 aliphatic heterocycles. The zero-order valence-corrected chi connectivity index (χ0v) is 18.4. The monoisotopic (exact) mass is 472 g/mol. The van der Waals surface area contributed by atoms with E-state index in [0.717, 1.165) is 32.6 Å². The van der Waals surface area contributed by atoms with Crippen LogP contribution in [-0.2, 0) is 6.61 Å². The minimum absolute atomic E-state index is 0.525. The first kappa shape index (κ1) is 20.1. The molecule has 1 heterocycles. The number of hydrogen-bond acceptors (Lipinski definition) is 4. The topological polar surface area (TPSA) is 45.9 Å². The van der Waals surface area contributed by atoms with Gasteiger partial charge in [-0.1, -0.05) is 70.5 Å². The van der Waals surface area contributed by atoms with E-state index in [4.69, 9.17) is 4.74 Å². The molecule has 0 radical (unpaired) electrons. The number of aromatic nitrogens is 1. The lowest BCUT2D eigenvalue weighted by atomic mass is 10.1. The predicted octanol–water partition coefficient (Wildman–Crippen LogP) is 7.22. The van der Waals surface area contributed by atoms with Gasteiger partial charge in [0.15, 0.2) is 0 Å². The minimum Gasteiger partial charge on any atom is -0.489 e. The fourth-order valence-electron chi connectivity index (χ4n) is 2.86. The van der Waals surface area contributed by atoms with Crippen LogP contribution in [0.25, 0.3) is 22.9 Å². The smallest absolute Gasteiger partial charge is 0.134 e. The average Bonchev–Trinajstić information content (AvgIpc) is 3.28. The van der Waals surface area contributed by atoms with Crippen molar-refractivity contribution in [1.29, 1.82) is 5.26 Å². The van der Waals surface area contributed by atoms with E-state index in [1.807, 2.05) is 90.3 Å². The van der Waals surface area contributed by atoms with Gasteiger partial charge in [-0.15, -0.1) is 11.3 Å². The zero-order chi connectivity index (χ0) is 20.8. The Morgan fingerprint density at radius 2 is 1.73 bits per heavy atom. The van der Waals surface area contributed by atoms with Gasteiger partial charge in [0.25, 0.3) is 0 Å². The summed E-state index contributed by atoms with van der Waals surface area (Å²) >= 11 is 4.91. The van der Waals surface area contributed by atoms with E-state index in [9.17, 15) is 5.26 Å². The minimum atomic E-state index is 0.525. The number of nitrogens with zero attached hydrogens (tertiary/aromatic N) is 2. The summed E-state index contributed by atoms with van der Waals surface area (Å²) in [4.78, 5) is 4.65. The third-order valence-corrected chi connectivity index (χ3v) is 5.84. The van der Waals surface area contributed by atoms with Crippen molar-refractivity contribution in [3.63, 3.8) is 0 Å². The van der Waals surface area contributed by atoms with Gasteiger partial charge in [0.05, 0.1) is 11.3 Å². The third kappa shape index (κ3) is 5.04. The molecule has 0 N–H and O–H groups in total. The summed E-state index contributed by atoms with van der Waals surface area (Å²) in [7, 11) is 0. The normalized spacial score (nSPS) is 11.1. The highest BCUT2D eigenvalue weighted by Crippen LogP contribution is 2.28. The Hall–Kier alpha value is -3.20. The number of thiazole rings is 1. The van der Waals surface area contributed by atoms with Crippen LogP contribution in [0.3, 0.4) is 0 Å². The van der Waals surface area contributed by atoms with Crippen molar-refractivity contribution < 1.29 is 4.74 Å². The van der Waals surface area contributed by atoms with E-state index in [0.29, 0.717) is 17.2 Å². The van der Waals surface area contributed by atoms with Gasteiger partial charge in [-0.2, -0.15) is 5.26 Å². The fourth-order valence-corrected chi connectivity index (χ4v) is 3.92. The molecule has 0 spiro atoms. The maximum absolute atomic E-state index is 9.64. The van der Waals surface area contributed by atoms with Crippen molar-refractivity contribution >= 4 is 38.9 Å². The first-order chi connectivity index (χ1) is 14.7. The van der Waals surface area contributed by atoms with Gasteiger partial charge in [0.2, 0.25) is 0 Å². The summed E-state index contributed by atoms with van der Waals surface area (Å²) in [5, 5.41) is 12.3. The Morgan fingerprint density at radius 3 is 2.43 bits per heavy atom. The number of benzene rings is 3.